The van der Waals surface area contributed by atoms with Gasteiger partial charge in [0.1, 0.15) is 12.1 Å². The first kappa shape index (κ1) is 7.59. The maximum atomic E-state index is 10.00. The smallest absolute Gasteiger partial charge is 0.118 e. The summed E-state index contributed by atoms with van der Waals surface area (Å²) in [5.74, 6) is 4.90. The fraction of sp³-hybridized carbons (Fsp3) is 1.00. The second-order valence-electron chi connectivity index (χ2n) is 2.29. The molecule has 2 atom stereocenters. The summed E-state index contributed by atoms with van der Waals surface area (Å²) >= 11 is 0. The fourth-order valence-corrected chi connectivity index (χ4v) is 0.943. The Morgan fingerprint density at radius 2 is 2.40 bits per heavy atom. The van der Waals surface area contributed by atoms with E-state index in [0.717, 1.165) is 0 Å². The average Bonchev–Trinajstić information content (AvgIpc) is 2.05. The molecule has 0 aromatic rings. The number of rotatable bonds is 2. The van der Waals surface area contributed by atoms with E-state index >= 15 is 0 Å². The molecule has 5 heteroatoms. The number of hydrogen-bond acceptors (Lipinski definition) is 5. The van der Waals surface area contributed by atoms with Crippen LogP contribution in [0.4, 0.5) is 0 Å². The highest BCUT2D eigenvalue weighted by Gasteiger charge is 2.22. The molecule has 5 nitrogen and oxygen atoms in total. The lowest BCUT2D eigenvalue weighted by Gasteiger charge is -2.22. The van der Waals surface area contributed by atoms with Gasteiger partial charge in [0.05, 0.1) is 13.2 Å². The van der Waals surface area contributed by atoms with E-state index in [2.05, 4.69) is 10.0 Å². The first-order valence-corrected chi connectivity index (χ1v) is 3.12. The van der Waals surface area contributed by atoms with Gasteiger partial charge in [-0.05, 0) is 0 Å². The van der Waals surface area contributed by atoms with Gasteiger partial charge in [-0.25, -0.2) is 5.90 Å². The zero-order valence-corrected chi connectivity index (χ0v) is 5.53. The summed E-state index contributed by atoms with van der Waals surface area (Å²) in [5.41, 5.74) is 0. The van der Waals surface area contributed by atoms with E-state index in [1.165, 1.54) is 0 Å². The van der Waals surface area contributed by atoms with Crippen LogP contribution in [-0.4, -0.2) is 25.4 Å². The van der Waals surface area contributed by atoms with Crippen LogP contribution < -0.4 is 5.90 Å². The van der Waals surface area contributed by atoms with Crippen molar-refractivity contribution in [1.29, 1.82) is 0 Å². The third-order valence-corrected chi connectivity index (χ3v) is 1.49. The van der Waals surface area contributed by atoms with Crippen molar-refractivity contribution in [3.8, 4) is 0 Å². The van der Waals surface area contributed by atoms with Gasteiger partial charge in [0.25, 0.3) is 0 Å². The average molecular weight is 146 g/mol. The van der Waals surface area contributed by atoms with Crippen molar-refractivity contribution in [2.45, 2.75) is 18.6 Å². The number of ether oxygens (including phenoxy) is 1. The van der Waals surface area contributed by atoms with Gasteiger partial charge >= 0.3 is 0 Å². The fourth-order valence-electron chi connectivity index (χ4n) is 0.943. The Balaban J connectivity index is 2.31. The highest BCUT2D eigenvalue weighted by molar-refractivity contribution is 4.74. The lowest BCUT2D eigenvalue weighted by molar-refractivity contribution is -0.0584. The monoisotopic (exact) mass is 146 g/mol. The van der Waals surface area contributed by atoms with Gasteiger partial charge in [0.2, 0.25) is 0 Å². The molecule has 0 unspecified atom stereocenters. The van der Waals surface area contributed by atoms with Gasteiger partial charge in [0.15, 0.2) is 0 Å². The van der Waals surface area contributed by atoms with Crippen molar-refractivity contribution in [3.05, 3.63) is 4.91 Å². The second kappa shape index (κ2) is 3.60. The third kappa shape index (κ3) is 1.73. The van der Waals surface area contributed by atoms with E-state index in [1.807, 2.05) is 0 Å². The molecule has 1 heterocycles. The lowest BCUT2D eigenvalue weighted by Crippen LogP contribution is -2.35. The van der Waals surface area contributed by atoms with Gasteiger partial charge < -0.3 is 4.74 Å². The highest BCUT2D eigenvalue weighted by Crippen LogP contribution is 2.11. The molecule has 0 aromatic carbocycles. The maximum absolute atomic E-state index is 10.00. The number of nitrogens with zero attached hydrogens (tertiary/aromatic N) is 1. The van der Waals surface area contributed by atoms with Crippen molar-refractivity contribution in [3.63, 3.8) is 0 Å². The summed E-state index contributed by atoms with van der Waals surface area (Å²) in [6.45, 7) is 0.853. The second-order valence-corrected chi connectivity index (χ2v) is 2.29. The van der Waals surface area contributed by atoms with Gasteiger partial charge in [-0.15, -0.1) is 0 Å². The molecular formula is C5H10N2O3. The first-order valence-electron chi connectivity index (χ1n) is 3.12. The van der Waals surface area contributed by atoms with Crippen LogP contribution in [0.3, 0.4) is 0 Å². The summed E-state index contributed by atoms with van der Waals surface area (Å²) < 4.78 is 4.98. The highest BCUT2D eigenvalue weighted by atomic mass is 16.6. The Bertz CT molecular complexity index is 119. The SMILES string of the molecule is NO[C@H]1COC[C@@H](N=O)C1. The van der Waals surface area contributed by atoms with Crippen molar-refractivity contribution >= 4 is 0 Å². The van der Waals surface area contributed by atoms with Crippen LogP contribution in [0.25, 0.3) is 0 Å². The van der Waals surface area contributed by atoms with Crippen LogP contribution >= 0.6 is 0 Å². The summed E-state index contributed by atoms with van der Waals surface area (Å²) in [6, 6.07) is -0.290. The molecule has 1 saturated heterocycles. The van der Waals surface area contributed by atoms with E-state index in [9.17, 15) is 4.91 Å². The molecule has 2 N–H and O–H groups in total. The summed E-state index contributed by atoms with van der Waals surface area (Å²) in [4.78, 5) is 14.5. The number of nitrogens with two attached hydrogens (primary N) is 1. The Hall–Kier alpha value is -0.520. The minimum Gasteiger partial charge on any atom is -0.376 e. The molecule has 1 aliphatic heterocycles. The zero-order valence-electron chi connectivity index (χ0n) is 5.53. The van der Waals surface area contributed by atoms with Gasteiger partial charge in [-0.2, -0.15) is 4.91 Å². The van der Waals surface area contributed by atoms with Crippen LogP contribution in [-0.2, 0) is 9.57 Å². The van der Waals surface area contributed by atoms with Gasteiger partial charge in [-0.1, -0.05) is 5.18 Å². The molecule has 0 saturated carbocycles. The van der Waals surface area contributed by atoms with Crippen LogP contribution in [0.15, 0.2) is 5.18 Å². The molecule has 1 fully saturated rings. The number of hydrogen-bond donors (Lipinski definition) is 1. The van der Waals surface area contributed by atoms with E-state index in [0.29, 0.717) is 19.6 Å². The summed E-state index contributed by atoms with van der Waals surface area (Å²) in [7, 11) is 0. The first-order chi connectivity index (χ1) is 4.86. The molecule has 0 bridgehead atoms. The van der Waals surface area contributed by atoms with Crippen LogP contribution in [0, 0.1) is 4.91 Å². The molecule has 0 aromatic heterocycles. The maximum Gasteiger partial charge on any atom is 0.118 e. The predicted octanol–water partition coefficient (Wildman–Crippen LogP) is -0.199. The molecule has 1 rings (SSSR count). The lowest BCUT2D eigenvalue weighted by atomic mass is 10.1. The standard InChI is InChI=1S/C5H10N2O3/c6-10-5-1-4(7-8)2-9-3-5/h4-5H,1-3,6H2/t4-,5+/m0/s1. The molecule has 0 aliphatic carbocycles. The van der Waals surface area contributed by atoms with Crippen LogP contribution in [0.5, 0.6) is 0 Å². The molecule has 0 spiro atoms. The number of nitroso groups, excluding NO2 is 1. The van der Waals surface area contributed by atoms with E-state index in [1.54, 1.807) is 0 Å². The Morgan fingerprint density at radius 3 is 3.00 bits per heavy atom. The molecular weight excluding hydrogens is 136 g/mol. The molecule has 10 heavy (non-hydrogen) atoms. The molecule has 58 valence electrons. The summed E-state index contributed by atoms with van der Waals surface area (Å²) in [5, 5.41) is 2.84. The van der Waals surface area contributed by atoms with Crippen LogP contribution in [0.2, 0.25) is 0 Å². The van der Waals surface area contributed by atoms with Gasteiger partial charge in [0, 0.05) is 6.42 Å². The molecule has 1 aliphatic rings. The Kier molecular flexibility index (Phi) is 2.73. The largest absolute Gasteiger partial charge is 0.376 e. The minimum absolute atomic E-state index is 0.170. The van der Waals surface area contributed by atoms with Crippen molar-refractivity contribution in [1.82, 2.24) is 0 Å². The van der Waals surface area contributed by atoms with Gasteiger partial charge in [-0.3, -0.25) is 4.84 Å². The summed E-state index contributed by atoms with van der Waals surface area (Å²) in [6.07, 6.45) is 0.399. The quantitative estimate of drug-likeness (QED) is 0.432. The van der Waals surface area contributed by atoms with Crippen LogP contribution in [0.1, 0.15) is 6.42 Å². The zero-order chi connectivity index (χ0) is 7.40. The van der Waals surface area contributed by atoms with Crippen molar-refractivity contribution in [2.24, 2.45) is 11.1 Å². The molecule has 0 radical (unpaired) electrons. The predicted molar refractivity (Wildman–Crippen MR) is 34.1 cm³/mol. The van der Waals surface area contributed by atoms with E-state index in [-0.39, 0.29) is 12.1 Å². The van der Waals surface area contributed by atoms with Crippen molar-refractivity contribution in [2.75, 3.05) is 13.2 Å². The normalized spacial score (nSPS) is 33.7. The molecule has 0 amide bonds. The minimum atomic E-state index is -0.290. The Labute approximate surface area is 58.4 Å². The van der Waals surface area contributed by atoms with E-state index in [4.69, 9.17) is 10.6 Å². The van der Waals surface area contributed by atoms with E-state index < -0.39 is 0 Å². The topological polar surface area (TPSA) is 73.9 Å². The third-order valence-electron chi connectivity index (χ3n) is 1.49. The van der Waals surface area contributed by atoms with Crippen molar-refractivity contribution < 1.29 is 9.57 Å². The Morgan fingerprint density at radius 1 is 1.60 bits per heavy atom.